The highest BCUT2D eigenvalue weighted by Gasteiger charge is 2.37. The number of aliphatic carboxylic acids is 1. The highest BCUT2D eigenvalue weighted by Crippen LogP contribution is 2.38. The molecule has 1 aromatic heterocycles. The zero-order valence-electron chi connectivity index (χ0n) is 19.7. The first-order valence-corrected chi connectivity index (χ1v) is 11.3. The lowest BCUT2D eigenvalue weighted by molar-refractivity contribution is -0.274. The van der Waals surface area contributed by atoms with Crippen LogP contribution >= 0.6 is 11.6 Å². The minimum Gasteiger partial charge on any atom is -0.495 e. The van der Waals surface area contributed by atoms with E-state index in [1.54, 1.807) is 55.6 Å². The fraction of sp³-hybridized carbons (Fsp3) is 0.185. The van der Waals surface area contributed by atoms with E-state index in [1.165, 1.54) is 19.2 Å². The highest BCUT2D eigenvalue weighted by molar-refractivity contribution is 6.32. The maximum atomic E-state index is 12.5. The summed E-state index contributed by atoms with van der Waals surface area (Å²) in [5.74, 6) is -0.194. The number of hydrogen-bond acceptors (Lipinski definition) is 5. The molecule has 4 rings (SSSR count). The van der Waals surface area contributed by atoms with E-state index in [9.17, 15) is 23.1 Å². The summed E-state index contributed by atoms with van der Waals surface area (Å²) in [4.78, 5) is 16.9. The van der Waals surface area contributed by atoms with Gasteiger partial charge in [0.25, 0.3) is 0 Å². The number of rotatable bonds is 8. The summed E-state index contributed by atoms with van der Waals surface area (Å²) in [7, 11) is 1.49. The summed E-state index contributed by atoms with van der Waals surface area (Å²) in [5.41, 5.74) is 0.531. The molecule has 3 aromatic carbocycles. The van der Waals surface area contributed by atoms with Gasteiger partial charge in [-0.25, -0.2) is 0 Å². The summed E-state index contributed by atoms with van der Waals surface area (Å²) in [6.07, 6.45) is -3.06. The van der Waals surface area contributed by atoms with E-state index in [4.69, 9.17) is 21.1 Å². The van der Waals surface area contributed by atoms with Crippen LogP contribution in [0.3, 0.4) is 0 Å². The van der Waals surface area contributed by atoms with Crippen LogP contribution < -0.4 is 14.2 Å². The molecule has 4 aromatic rings. The van der Waals surface area contributed by atoms with Crippen LogP contribution in [0.5, 0.6) is 23.0 Å². The normalized spacial score (nSPS) is 13.1. The Bertz CT molecular complexity index is 1430. The topological polar surface area (TPSA) is 77.9 Å². The molecule has 0 saturated carbocycles. The molecule has 0 saturated heterocycles. The minimum absolute atomic E-state index is 0.162. The van der Waals surface area contributed by atoms with E-state index in [1.807, 2.05) is 0 Å². The molecule has 1 unspecified atom stereocenters. The molecule has 37 heavy (non-hydrogen) atoms. The van der Waals surface area contributed by atoms with Crippen molar-refractivity contribution in [2.75, 3.05) is 7.11 Å². The van der Waals surface area contributed by atoms with Crippen molar-refractivity contribution in [2.45, 2.75) is 25.1 Å². The second-order valence-electron chi connectivity index (χ2n) is 8.44. The van der Waals surface area contributed by atoms with Gasteiger partial charge in [0.2, 0.25) is 0 Å². The smallest absolute Gasteiger partial charge is 0.495 e. The molecular formula is C27H21ClF3NO5. The molecule has 0 amide bonds. The molecule has 1 N–H and O–H groups in total. The van der Waals surface area contributed by atoms with Crippen LogP contribution in [0.1, 0.15) is 18.1 Å². The average Bonchev–Trinajstić information content (AvgIpc) is 2.84. The molecule has 0 bridgehead atoms. The highest BCUT2D eigenvalue weighted by atomic mass is 35.5. The number of carboxylic acids is 1. The maximum Gasteiger partial charge on any atom is 0.573 e. The van der Waals surface area contributed by atoms with Crippen molar-refractivity contribution in [1.29, 1.82) is 0 Å². The minimum atomic E-state index is -4.77. The molecule has 0 spiro atoms. The Kier molecular flexibility index (Phi) is 7.18. The third kappa shape index (κ3) is 5.89. The van der Waals surface area contributed by atoms with Gasteiger partial charge < -0.3 is 19.3 Å². The van der Waals surface area contributed by atoms with E-state index in [0.29, 0.717) is 38.7 Å². The first kappa shape index (κ1) is 26.1. The number of pyridine rings is 1. The lowest BCUT2D eigenvalue weighted by Gasteiger charge is -2.27. The average molecular weight is 532 g/mol. The zero-order chi connectivity index (χ0) is 26.8. The standard InChI is InChI=1S/C27H21ClF3NO5/c1-26(25(33)34,21-11-12-32-23-14-24(35-2)22(28)13-20(21)23)15-16-3-5-17(6-4-16)36-18-7-9-19(10-8-18)37-27(29,30)31/h3-14H,15H2,1-2H3,(H,33,34). The van der Waals surface area contributed by atoms with Crippen molar-refractivity contribution < 1.29 is 37.3 Å². The molecule has 0 radical (unpaired) electrons. The number of carbonyl (C=O) groups is 1. The second kappa shape index (κ2) is 10.2. The van der Waals surface area contributed by atoms with E-state index in [-0.39, 0.29) is 12.2 Å². The molecule has 0 aliphatic rings. The summed E-state index contributed by atoms with van der Waals surface area (Å²) < 4.78 is 51.8. The Morgan fingerprint density at radius 1 is 0.973 bits per heavy atom. The Labute approximate surface area is 215 Å². The molecule has 10 heteroatoms. The Balaban J connectivity index is 1.56. The van der Waals surface area contributed by atoms with Gasteiger partial charge in [0.05, 0.1) is 23.1 Å². The summed E-state index contributed by atoms with van der Waals surface area (Å²) in [5, 5.41) is 11.2. The monoisotopic (exact) mass is 531 g/mol. The van der Waals surface area contributed by atoms with E-state index in [0.717, 1.165) is 17.7 Å². The van der Waals surface area contributed by atoms with E-state index < -0.39 is 17.7 Å². The van der Waals surface area contributed by atoms with Crippen LogP contribution in [0.2, 0.25) is 5.02 Å². The number of alkyl halides is 3. The van der Waals surface area contributed by atoms with Crippen LogP contribution in [0.25, 0.3) is 10.9 Å². The first-order chi connectivity index (χ1) is 17.5. The van der Waals surface area contributed by atoms with Crippen LogP contribution in [0.15, 0.2) is 72.9 Å². The number of ether oxygens (including phenoxy) is 3. The van der Waals surface area contributed by atoms with Crippen molar-refractivity contribution in [1.82, 2.24) is 4.98 Å². The third-order valence-electron chi connectivity index (χ3n) is 5.86. The Morgan fingerprint density at radius 3 is 2.14 bits per heavy atom. The van der Waals surface area contributed by atoms with E-state index in [2.05, 4.69) is 9.72 Å². The zero-order valence-corrected chi connectivity index (χ0v) is 20.4. The van der Waals surface area contributed by atoms with Gasteiger partial charge in [0.1, 0.15) is 23.0 Å². The SMILES string of the molecule is COc1cc2nccc(C(C)(Cc3ccc(Oc4ccc(OC(F)(F)F)cc4)cc3)C(=O)O)c2cc1Cl. The lowest BCUT2D eigenvalue weighted by atomic mass is 9.76. The van der Waals surface area contributed by atoms with Gasteiger partial charge in [0.15, 0.2) is 0 Å². The maximum absolute atomic E-state index is 12.5. The van der Waals surface area contributed by atoms with Gasteiger partial charge in [-0.1, -0.05) is 23.7 Å². The van der Waals surface area contributed by atoms with Crippen LogP contribution in [-0.2, 0) is 16.6 Å². The van der Waals surface area contributed by atoms with Crippen molar-refractivity contribution in [2.24, 2.45) is 0 Å². The number of aromatic nitrogens is 1. The van der Waals surface area contributed by atoms with E-state index >= 15 is 0 Å². The summed E-state index contributed by atoms with van der Waals surface area (Å²) in [6.45, 7) is 1.64. The van der Waals surface area contributed by atoms with Gasteiger partial charge in [-0.15, -0.1) is 13.2 Å². The molecule has 192 valence electrons. The van der Waals surface area contributed by atoms with Gasteiger partial charge in [-0.3, -0.25) is 9.78 Å². The lowest BCUT2D eigenvalue weighted by Crippen LogP contribution is -2.35. The second-order valence-corrected chi connectivity index (χ2v) is 8.85. The van der Waals surface area contributed by atoms with Crippen LogP contribution in [-0.4, -0.2) is 29.5 Å². The third-order valence-corrected chi connectivity index (χ3v) is 6.15. The van der Waals surface area contributed by atoms with Crippen molar-refractivity contribution in [3.8, 4) is 23.0 Å². The number of methoxy groups -OCH3 is 1. The number of fused-ring (bicyclic) bond motifs is 1. The largest absolute Gasteiger partial charge is 0.573 e. The molecule has 1 heterocycles. The van der Waals surface area contributed by atoms with Crippen molar-refractivity contribution in [3.05, 3.63) is 89.1 Å². The van der Waals surface area contributed by atoms with Crippen molar-refractivity contribution in [3.63, 3.8) is 0 Å². The number of hydrogen-bond donors (Lipinski definition) is 1. The Hall–Kier alpha value is -3.98. The molecule has 6 nitrogen and oxygen atoms in total. The molecule has 1 atom stereocenters. The van der Waals surface area contributed by atoms with Gasteiger partial charge in [-0.05, 0) is 73.0 Å². The van der Waals surface area contributed by atoms with Gasteiger partial charge >= 0.3 is 12.3 Å². The Morgan fingerprint density at radius 2 is 1.57 bits per heavy atom. The number of carboxylic acid groups (broad SMARTS) is 1. The quantitative estimate of drug-likeness (QED) is 0.260. The first-order valence-electron chi connectivity index (χ1n) is 11.0. The predicted molar refractivity (Wildman–Crippen MR) is 132 cm³/mol. The summed E-state index contributed by atoms with van der Waals surface area (Å²) in [6, 6.07) is 16.8. The molecular weight excluding hydrogens is 511 g/mol. The molecule has 0 fully saturated rings. The van der Waals surface area contributed by atoms with Gasteiger partial charge in [0, 0.05) is 17.6 Å². The fourth-order valence-corrected chi connectivity index (χ4v) is 4.24. The predicted octanol–water partition coefficient (Wildman–Crippen LogP) is 7.17. The number of nitrogens with zero attached hydrogens (tertiary/aromatic N) is 1. The fourth-order valence-electron chi connectivity index (χ4n) is 4.00. The summed E-state index contributed by atoms with van der Waals surface area (Å²) >= 11 is 6.31. The van der Waals surface area contributed by atoms with Gasteiger partial charge in [-0.2, -0.15) is 0 Å². The number of benzene rings is 3. The molecule has 0 aliphatic carbocycles. The van der Waals surface area contributed by atoms with Crippen LogP contribution in [0.4, 0.5) is 13.2 Å². The van der Waals surface area contributed by atoms with Crippen molar-refractivity contribution >= 4 is 28.5 Å². The number of halogens is 4. The molecule has 0 aliphatic heterocycles. The van der Waals surface area contributed by atoms with Crippen LogP contribution in [0, 0.1) is 0 Å².